The predicted octanol–water partition coefficient (Wildman–Crippen LogP) is -4.21. The van der Waals surface area contributed by atoms with Gasteiger partial charge in [0.25, 0.3) is 0 Å². The number of hydrogen-bond acceptors (Lipinski definition) is 17. The van der Waals surface area contributed by atoms with Gasteiger partial charge in [0.2, 0.25) is 65.0 Å². The lowest BCUT2D eigenvalue weighted by Gasteiger charge is -2.29. The second-order valence-electron chi connectivity index (χ2n) is 22.3. The van der Waals surface area contributed by atoms with Crippen molar-refractivity contribution < 1.29 is 87.5 Å². The number of amides is 11. The lowest BCUT2D eigenvalue weighted by molar-refractivity contribution is -0.142. The molecule has 1 aromatic carbocycles. The minimum atomic E-state index is -1.72. The second-order valence-corrected chi connectivity index (χ2v) is 22.3. The maximum absolute atomic E-state index is 14.3. The summed E-state index contributed by atoms with van der Waals surface area (Å²) >= 11 is 0. The zero-order valence-corrected chi connectivity index (χ0v) is 50.6. The molecule has 33 nitrogen and oxygen atoms in total. The molecule has 23 N–H and O–H groups in total. The Morgan fingerprint density at radius 3 is 1.22 bits per heavy atom. The van der Waals surface area contributed by atoms with Crippen molar-refractivity contribution in [2.24, 2.45) is 51.4 Å². The maximum Gasteiger partial charge on any atom is 0.325 e. The van der Waals surface area contributed by atoms with Crippen LogP contribution < -0.4 is 76.5 Å². The molecule has 492 valence electrons. The van der Waals surface area contributed by atoms with Crippen LogP contribution in [-0.2, 0) is 73.5 Å². The van der Waals surface area contributed by atoms with Crippen LogP contribution >= 0.6 is 0 Å². The third kappa shape index (κ3) is 30.8. The highest BCUT2D eigenvalue weighted by Crippen LogP contribution is 2.15. The first-order valence-electron chi connectivity index (χ1n) is 28.6. The van der Waals surface area contributed by atoms with E-state index in [0.29, 0.717) is 5.56 Å². The number of nitrogens with zero attached hydrogens (tertiary/aromatic N) is 1. The summed E-state index contributed by atoms with van der Waals surface area (Å²) in [6, 6.07) is -9.64. The van der Waals surface area contributed by atoms with Gasteiger partial charge in [-0.2, -0.15) is 0 Å². The number of carbonyl (C=O) groups excluding carboxylic acids is 11. The molecule has 0 bridgehead atoms. The zero-order valence-electron chi connectivity index (χ0n) is 50.6. The largest absolute Gasteiger partial charge is 0.508 e. The summed E-state index contributed by atoms with van der Waals surface area (Å²) in [7, 11) is 0. The molecular formula is C55H89N15O18. The summed E-state index contributed by atoms with van der Waals surface area (Å²) in [5.74, 6) is -16.7. The van der Waals surface area contributed by atoms with Crippen LogP contribution in [0.3, 0.4) is 0 Å². The number of hydrogen-bond donors (Lipinski definition) is 18. The van der Waals surface area contributed by atoms with Gasteiger partial charge in [-0.1, -0.05) is 53.7 Å². The van der Waals surface area contributed by atoms with Crippen LogP contribution in [0.1, 0.15) is 131 Å². The van der Waals surface area contributed by atoms with Gasteiger partial charge in [-0.05, 0) is 93.7 Å². The molecule has 1 rings (SSSR count). The normalized spacial score (nSPS) is 14.5. The van der Waals surface area contributed by atoms with Crippen molar-refractivity contribution in [3.8, 4) is 5.75 Å². The van der Waals surface area contributed by atoms with Gasteiger partial charge in [0.1, 0.15) is 60.1 Å². The molecular weight excluding hydrogens is 1160 g/mol. The van der Waals surface area contributed by atoms with E-state index in [1.165, 1.54) is 45.0 Å². The number of nitrogens with one attached hydrogen (secondary N) is 9. The summed E-state index contributed by atoms with van der Waals surface area (Å²) in [4.78, 5) is 188. The Morgan fingerprint density at radius 1 is 0.443 bits per heavy atom. The number of guanidine groups is 1. The number of carbonyl (C=O) groups is 14. The van der Waals surface area contributed by atoms with E-state index in [4.69, 9.17) is 33.8 Å². The first-order valence-corrected chi connectivity index (χ1v) is 28.6. The monoisotopic (exact) mass is 1250 g/mol. The first-order chi connectivity index (χ1) is 41.0. The first kappa shape index (κ1) is 76.8. The van der Waals surface area contributed by atoms with Crippen molar-refractivity contribution in [2.75, 3.05) is 6.54 Å². The molecule has 0 aromatic heterocycles. The Balaban J connectivity index is 3.68. The van der Waals surface area contributed by atoms with Gasteiger partial charge in [-0.3, -0.25) is 72.1 Å². The third-order valence-corrected chi connectivity index (χ3v) is 13.2. The molecule has 1 aromatic rings. The van der Waals surface area contributed by atoms with E-state index in [2.05, 4.69) is 52.8 Å². The summed E-state index contributed by atoms with van der Waals surface area (Å²) in [6.07, 6.45) is -4.57. The molecule has 0 aliphatic heterocycles. The van der Waals surface area contributed by atoms with Crippen LogP contribution in [0.15, 0.2) is 29.3 Å². The number of carboxylic acid groups (broad SMARTS) is 3. The van der Waals surface area contributed by atoms with E-state index in [1.54, 1.807) is 27.7 Å². The van der Waals surface area contributed by atoms with E-state index < -0.39 is 194 Å². The van der Waals surface area contributed by atoms with E-state index >= 15 is 0 Å². The second kappa shape index (κ2) is 38.8. The fourth-order valence-electron chi connectivity index (χ4n) is 8.38. The van der Waals surface area contributed by atoms with Gasteiger partial charge < -0.3 is 96.9 Å². The maximum atomic E-state index is 14.3. The van der Waals surface area contributed by atoms with E-state index in [-0.39, 0.29) is 68.6 Å². The van der Waals surface area contributed by atoms with Crippen LogP contribution in [-0.4, -0.2) is 176 Å². The van der Waals surface area contributed by atoms with Crippen molar-refractivity contribution >= 4 is 88.8 Å². The zero-order chi connectivity index (χ0) is 67.1. The molecule has 88 heavy (non-hydrogen) atoms. The van der Waals surface area contributed by atoms with Gasteiger partial charge in [-0.15, -0.1) is 0 Å². The van der Waals surface area contributed by atoms with Gasteiger partial charge in [-0.25, -0.2) is 0 Å². The number of aromatic hydroxyl groups is 1. The molecule has 0 aliphatic rings. The van der Waals surface area contributed by atoms with Crippen LogP contribution in [0.2, 0.25) is 0 Å². The number of primary amides is 2. The van der Waals surface area contributed by atoms with Gasteiger partial charge in [0.05, 0.1) is 6.04 Å². The summed E-state index contributed by atoms with van der Waals surface area (Å²) < 4.78 is 0. The van der Waals surface area contributed by atoms with Crippen LogP contribution in [0.4, 0.5) is 0 Å². The number of benzene rings is 1. The standard InChI is InChI=1S/C55H89N15O18/c1-26(2)23-37(50(83)62-29(7)54(87)88)68-48(81)34(15-18-40(57)72)64-46(79)33(9-8-22-61-55(59)60)63-47(80)35(16-19-41(58)73)66-53(86)44(28(5)6)70-49(82)36(17-21-43(76)77)65-51(84)38(24-27(3)4)69-52(85)39(25-30-10-12-31(71)13-11-30)67-45(78)32(56)14-20-42(74)75/h10-13,26-29,32-39,44,71H,8-9,14-25,56H2,1-7H3,(H2,57,72)(H2,58,73)(H,62,83)(H,63,80)(H,64,79)(H,65,84)(H,66,86)(H,67,78)(H,68,81)(H,69,85)(H,70,82)(H,74,75)(H,76,77)(H,87,88)(H4,59,60,61)/t29-,32-,33-,34-,35-,36-,37-,38-,39-,44-/m0/s1. The lowest BCUT2D eigenvalue weighted by Crippen LogP contribution is -2.61. The number of aliphatic imine (C=N–C) groups is 1. The quantitative estimate of drug-likeness (QED) is 0.0168. The highest BCUT2D eigenvalue weighted by atomic mass is 16.4. The molecule has 10 atom stereocenters. The SMILES string of the molecule is CC(C)C[C@H](NC(=O)[C@H](CCC(N)=O)NC(=O)[C@H](CCCN=C(N)N)NC(=O)[C@H](CCC(N)=O)NC(=O)[C@@H](NC(=O)[C@H](CCC(=O)O)NC(=O)[C@H](CC(C)C)NC(=O)[C@H](Cc1ccc(O)cc1)NC(=O)[C@@H](N)CCC(=O)O)C(C)C)C(=O)N[C@@H](C)C(=O)O. The molecule has 0 aliphatic carbocycles. The number of phenols is 1. The number of aliphatic carboxylic acids is 3. The molecule has 0 saturated heterocycles. The van der Waals surface area contributed by atoms with Crippen molar-refractivity contribution in [1.82, 2.24) is 47.9 Å². The molecule has 0 spiro atoms. The Labute approximate surface area is 508 Å². The van der Waals surface area contributed by atoms with Crippen molar-refractivity contribution in [2.45, 2.75) is 192 Å². The highest BCUT2D eigenvalue weighted by molar-refractivity contribution is 5.99. The third-order valence-electron chi connectivity index (χ3n) is 13.2. The predicted molar refractivity (Wildman–Crippen MR) is 315 cm³/mol. The van der Waals surface area contributed by atoms with Crippen LogP contribution in [0, 0.1) is 17.8 Å². The molecule has 33 heteroatoms. The van der Waals surface area contributed by atoms with Crippen molar-refractivity contribution in [3.05, 3.63) is 29.8 Å². The Kier molecular flexibility index (Phi) is 33.9. The molecule has 11 amide bonds. The number of carboxylic acids is 3. The summed E-state index contributed by atoms with van der Waals surface area (Å²) in [5, 5.41) is 60.1. The molecule has 0 saturated carbocycles. The summed E-state index contributed by atoms with van der Waals surface area (Å²) in [6.45, 7) is 10.9. The average Bonchev–Trinajstić information content (AvgIpc) is 1.58. The Bertz CT molecular complexity index is 2630. The van der Waals surface area contributed by atoms with Crippen molar-refractivity contribution in [3.63, 3.8) is 0 Å². The lowest BCUT2D eigenvalue weighted by atomic mass is 9.99. The molecule has 0 fully saturated rings. The Morgan fingerprint density at radius 2 is 0.807 bits per heavy atom. The minimum absolute atomic E-state index is 0.0000141. The Hall–Kier alpha value is -9.17. The van der Waals surface area contributed by atoms with Gasteiger partial charge in [0.15, 0.2) is 5.96 Å². The van der Waals surface area contributed by atoms with E-state index in [0.717, 1.165) is 0 Å². The van der Waals surface area contributed by atoms with Crippen LogP contribution in [0.25, 0.3) is 0 Å². The smallest absolute Gasteiger partial charge is 0.325 e. The molecule has 0 heterocycles. The number of phenolic OH excluding ortho intramolecular Hbond substituents is 1. The van der Waals surface area contributed by atoms with E-state index in [9.17, 15) is 82.4 Å². The molecule has 0 radical (unpaired) electrons. The average molecular weight is 1250 g/mol. The van der Waals surface area contributed by atoms with Crippen LogP contribution in [0.5, 0.6) is 5.75 Å². The fraction of sp³-hybridized carbons (Fsp3) is 0.618. The molecule has 0 unspecified atom stereocenters. The fourth-order valence-corrected chi connectivity index (χ4v) is 8.38. The van der Waals surface area contributed by atoms with Gasteiger partial charge >= 0.3 is 17.9 Å². The van der Waals surface area contributed by atoms with Crippen molar-refractivity contribution in [1.29, 1.82) is 0 Å². The van der Waals surface area contributed by atoms with E-state index in [1.807, 2.05) is 0 Å². The highest BCUT2D eigenvalue weighted by Gasteiger charge is 2.37. The topological polar surface area (TPSA) is 571 Å². The number of nitrogens with two attached hydrogens (primary N) is 5. The summed E-state index contributed by atoms with van der Waals surface area (Å²) in [5.41, 5.74) is 28.1. The number of rotatable bonds is 42. The van der Waals surface area contributed by atoms with Gasteiger partial charge in [0, 0.05) is 38.6 Å². The minimum Gasteiger partial charge on any atom is -0.508 e.